The van der Waals surface area contributed by atoms with Crippen LogP contribution in [0, 0.1) is 19.7 Å². The number of likely N-dealkylation sites (tertiary alicyclic amines) is 1. The van der Waals surface area contributed by atoms with Crippen LogP contribution < -0.4 is 0 Å². The van der Waals surface area contributed by atoms with Gasteiger partial charge in [-0.1, -0.05) is 6.07 Å². The Hall–Kier alpha value is -1.75. The summed E-state index contributed by atoms with van der Waals surface area (Å²) in [4.78, 5) is 20.2. The number of aromatic nitrogens is 1. The van der Waals surface area contributed by atoms with Gasteiger partial charge in [-0.05, 0) is 44.9 Å². The van der Waals surface area contributed by atoms with Crippen LogP contribution in [-0.4, -0.2) is 28.9 Å². The second-order valence-electron chi connectivity index (χ2n) is 5.79. The van der Waals surface area contributed by atoms with Crippen molar-refractivity contribution < 1.29 is 9.18 Å². The van der Waals surface area contributed by atoms with Crippen LogP contribution in [0.2, 0.25) is 0 Å². The van der Waals surface area contributed by atoms with Gasteiger partial charge in [0.05, 0.1) is 10.7 Å². The molecule has 116 valence electrons. The summed E-state index contributed by atoms with van der Waals surface area (Å²) >= 11 is 1.72. The molecule has 1 aromatic heterocycles. The molecule has 1 aliphatic heterocycles. The van der Waals surface area contributed by atoms with Crippen LogP contribution in [0.1, 0.15) is 44.7 Å². The number of amides is 1. The molecule has 22 heavy (non-hydrogen) atoms. The highest BCUT2D eigenvalue weighted by Gasteiger charge is 2.27. The molecule has 0 spiro atoms. The van der Waals surface area contributed by atoms with E-state index in [0.717, 1.165) is 30.1 Å². The highest BCUT2D eigenvalue weighted by atomic mass is 32.1. The fraction of sp³-hybridized carbons (Fsp3) is 0.412. The lowest BCUT2D eigenvalue weighted by molar-refractivity contribution is 0.0706. The molecule has 3 rings (SSSR count). The smallest absolute Gasteiger partial charge is 0.253 e. The van der Waals surface area contributed by atoms with E-state index in [2.05, 4.69) is 11.9 Å². The molecule has 0 N–H and O–H groups in total. The number of piperidine rings is 1. The Balaban J connectivity index is 1.76. The monoisotopic (exact) mass is 318 g/mol. The summed E-state index contributed by atoms with van der Waals surface area (Å²) < 4.78 is 13.3. The topological polar surface area (TPSA) is 33.2 Å². The minimum Gasteiger partial charge on any atom is -0.338 e. The van der Waals surface area contributed by atoms with Crippen LogP contribution in [0.15, 0.2) is 24.3 Å². The third kappa shape index (κ3) is 3.04. The maximum Gasteiger partial charge on any atom is 0.253 e. The molecule has 1 fully saturated rings. The van der Waals surface area contributed by atoms with E-state index in [1.54, 1.807) is 23.5 Å². The Bertz CT molecular complexity index is 678. The van der Waals surface area contributed by atoms with E-state index < -0.39 is 0 Å². The summed E-state index contributed by atoms with van der Waals surface area (Å²) in [5.41, 5.74) is 1.50. The van der Waals surface area contributed by atoms with Crippen molar-refractivity contribution in [3.8, 4) is 0 Å². The number of hydrogen-bond donors (Lipinski definition) is 0. The van der Waals surface area contributed by atoms with Crippen molar-refractivity contribution in [2.75, 3.05) is 13.1 Å². The molecule has 0 bridgehead atoms. The third-order valence-corrected chi connectivity index (χ3v) is 5.41. The van der Waals surface area contributed by atoms with Crippen molar-refractivity contribution in [3.63, 3.8) is 0 Å². The van der Waals surface area contributed by atoms with Gasteiger partial charge in [-0.3, -0.25) is 4.79 Å². The Morgan fingerprint density at radius 2 is 2.23 bits per heavy atom. The van der Waals surface area contributed by atoms with E-state index in [4.69, 9.17) is 0 Å². The summed E-state index contributed by atoms with van der Waals surface area (Å²) in [5.74, 6) is -0.163. The van der Waals surface area contributed by atoms with Gasteiger partial charge in [-0.15, -0.1) is 11.3 Å². The Morgan fingerprint density at radius 3 is 2.91 bits per heavy atom. The van der Waals surface area contributed by atoms with E-state index in [1.807, 2.05) is 11.8 Å². The van der Waals surface area contributed by atoms with Crippen LogP contribution in [0.3, 0.4) is 0 Å². The second kappa shape index (κ2) is 6.16. The number of rotatable bonds is 2. The molecule has 1 aromatic carbocycles. The van der Waals surface area contributed by atoms with E-state index in [1.165, 1.54) is 17.0 Å². The first-order chi connectivity index (χ1) is 10.5. The summed E-state index contributed by atoms with van der Waals surface area (Å²) in [6.07, 6.45) is 2.02. The molecule has 0 saturated carbocycles. The highest BCUT2D eigenvalue weighted by molar-refractivity contribution is 7.11. The van der Waals surface area contributed by atoms with Crippen LogP contribution in [0.4, 0.5) is 4.39 Å². The lowest BCUT2D eigenvalue weighted by Crippen LogP contribution is -2.39. The normalized spacial score (nSPS) is 18.5. The number of nitrogens with zero attached hydrogens (tertiary/aromatic N) is 2. The molecule has 0 aliphatic carbocycles. The van der Waals surface area contributed by atoms with Crippen molar-refractivity contribution in [2.24, 2.45) is 0 Å². The van der Waals surface area contributed by atoms with Gasteiger partial charge >= 0.3 is 0 Å². The fourth-order valence-electron chi connectivity index (χ4n) is 2.84. The average molecular weight is 318 g/mol. The average Bonchev–Trinajstić information content (AvgIpc) is 2.86. The number of thiazole rings is 1. The molecule has 5 heteroatoms. The van der Waals surface area contributed by atoms with Crippen LogP contribution in [0.25, 0.3) is 0 Å². The first-order valence-corrected chi connectivity index (χ1v) is 8.35. The van der Waals surface area contributed by atoms with Crippen molar-refractivity contribution in [1.29, 1.82) is 0 Å². The molecule has 0 radical (unpaired) electrons. The van der Waals surface area contributed by atoms with E-state index in [9.17, 15) is 9.18 Å². The first kappa shape index (κ1) is 15.2. The summed E-state index contributed by atoms with van der Waals surface area (Å²) in [7, 11) is 0. The number of benzene rings is 1. The van der Waals surface area contributed by atoms with Gasteiger partial charge in [-0.25, -0.2) is 9.37 Å². The lowest BCUT2D eigenvalue weighted by Gasteiger charge is -2.32. The van der Waals surface area contributed by atoms with Crippen LogP contribution in [-0.2, 0) is 0 Å². The van der Waals surface area contributed by atoms with Crippen molar-refractivity contribution in [3.05, 3.63) is 51.2 Å². The predicted octanol–water partition coefficient (Wildman–Crippen LogP) is 3.92. The number of carbonyl (C=O) groups excluding carboxylic acids is 1. The number of hydrogen-bond acceptors (Lipinski definition) is 3. The molecule has 2 aromatic rings. The van der Waals surface area contributed by atoms with Crippen molar-refractivity contribution >= 4 is 17.2 Å². The number of aryl methyl sites for hydroxylation is 2. The Morgan fingerprint density at radius 1 is 1.41 bits per heavy atom. The van der Waals surface area contributed by atoms with Gasteiger partial charge in [0.25, 0.3) is 5.91 Å². The van der Waals surface area contributed by atoms with Gasteiger partial charge in [0, 0.05) is 29.4 Å². The molecule has 1 saturated heterocycles. The Labute approximate surface area is 133 Å². The van der Waals surface area contributed by atoms with Gasteiger partial charge in [0.15, 0.2) is 0 Å². The molecular weight excluding hydrogens is 299 g/mol. The molecule has 1 atom stereocenters. The second-order valence-corrected chi connectivity index (χ2v) is 7.03. The lowest BCUT2D eigenvalue weighted by atomic mass is 9.98. The Kier molecular flexibility index (Phi) is 4.25. The van der Waals surface area contributed by atoms with Gasteiger partial charge < -0.3 is 4.90 Å². The summed E-state index contributed by atoms with van der Waals surface area (Å²) in [6, 6.07) is 5.92. The van der Waals surface area contributed by atoms with Crippen molar-refractivity contribution in [1.82, 2.24) is 9.88 Å². The molecule has 0 unspecified atom stereocenters. The van der Waals surface area contributed by atoms with Gasteiger partial charge in [-0.2, -0.15) is 0 Å². The fourth-order valence-corrected chi connectivity index (χ4v) is 3.89. The predicted molar refractivity (Wildman–Crippen MR) is 85.9 cm³/mol. The minimum atomic E-state index is -0.370. The number of carbonyl (C=O) groups is 1. The quantitative estimate of drug-likeness (QED) is 0.841. The zero-order valence-corrected chi connectivity index (χ0v) is 13.6. The van der Waals surface area contributed by atoms with E-state index in [-0.39, 0.29) is 11.7 Å². The maximum absolute atomic E-state index is 13.3. The zero-order valence-electron chi connectivity index (χ0n) is 12.8. The van der Waals surface area contributed by atoms with Crippen molar-refractivity contribution in [2.45, 2.75) is 32.6 Å². The van der Waals surface area contributed by atoms with Crippen LogP contribution in [0.5, 0.6) is 0 Å². The van der Waals surface area contributed by atoms with Gasteiger partial charge in [0.2, 0.25) is 0 Å². The van der Waals surface area contributed by atoms with Gasteiger partial charge in [0.1, 0.15) is 5.82 Å². The highest BCUT2D eigenvalue weighted by Crippen LogP contribution is 2.31. The zero-order chi connectivity index (χ0) is 15.7. The SMILES string of the molecule is Cc1nc([C@@H]2CCCN(C(=O)c3cccc(F)c3)C2)sc1C. The minimum absolute atomic E-state index is 0.0887. The molecule has 3 nitrogen and oxygen atoms in total. The molecule has 1 amide bonds. The number of halogens is 1. The maximum atomic E-state index is 13.3. The first-order valence-electron chi connectivity index (χ1n) is 7.53. The standard InChI is InChI=1S/C17H19FN2OS/c1-11-12(2)22-16(19-11)14-6-4-8-20(10-14)17(21)13-5-3-7-15(18)9-13/h3,5,7,9,14H,4,6,8,10H2,1-2H3/t14-/m1/s1. The molecule has 1 aliphatic rings. The van der Waals surface area contributed by atoms with Crippen LogP contribution >= 0.6 is 11.3 Å². The third-order valence-electron chi connectivity index (χ3n) is 4.17. The summed E-state index contributed by atoms with van der Waals surface area (Å²) in [6.45, 7) is 5.50. The van der Waals surface area contributed by atoms with E-state index >= 15 is 0 Å². The summed E-state index contributed by atoms with van der Waals surface area (Å²) in [5, 5.41) is 1.12. The van der Waals surface area contributed by atoms with E-state index in [0.29, 0.717) is 18.0 Å². The largest absolute Gasteiger partial charge is 0.338 e. The molecular formula is C17H19FN2OS. The molecule has 2 heterocycles.